The third-order valence-corrected chi connectivity index (χ3v) is 2.16. The van der Waals surface area contributed by atoms with Crippen molar-refractivity contribution in [3.8, 4) is 0 Å². The Labute approximate surface area is 80.0 Å². The molecular weight excluding hydrogens is 202 g/mol. The average molecular weight is 213 g/mol. The first kappa shape index (κ1) is 10.7. The lowest BCUT2D eigenvalue weighted by molar-refractivity contribution is -0.136. The van der Waals surface area contributed by atoms with Crippen molar-refractivity contribution in [1.29, 1.82) is 0 Å². The summed E-state index contributed by atoms with van der Waals surface area (Å²) in [6, 6.07) is -0.206. The van der Waals surface area contributed by atoms with Gasteiger partial charge in [-0.1, -0.05) is 0 Å². The monoisotopic (exact) mass is 212 g/mol. The van der Waals surface area contributed by atoms with Crippen molar-refractivity contribution in [2.75, 3.05) is 20.1 Å². The van der Waals surface area contributed by atoms with Crippen molar-refractivity contribution in [3.05, 3.63) is 0 Å². The van der Waals surface area contributed by atoms with Crippen LogP contribution in [0.15, 0.2) is 0 Å². The van der Waals surface area contributed by atoms with Gasteiger partial charge in [-0.25, -0.2) is 0 Å². The first-order valence-electron chi connectivity index (χ1n) is 3.96. The summed E-state index contributed by atoms with van der Waals surface area (Å²) in [5, 5.41) is -1.60. The number of amides is 1. The maximum atomic E-state index is 12.2. The van der Waals surface area contributed by atoms with Crippen LogP contribution in [0.5, 0.6) is 0 Å². The fourth-order valence-corrected chi connectivity index (χ4v) is 1.37. The van der Waals surface area contributed by atoms with Gasteiger partial charge in [-0.2, -0.15) is 8.78 Å². The summed E-state index contributed by atoms with van der Waals surface area (Å²) >= 11 is 4.54. The topological polar surface area (TPSA) is 32.3 Å². The summed E-state index contributed by atoms with van der Waals surface area (Å²) in [4.78, 5) is 12.7. The number of carbonyl (C=O) groups excluding carboxylic acids is 1. The summed E-state index contributed by atoms with van der Waals surface area (Å²) in [5.41, 5.74) is 0. The second kappa shape index (κ2) is 3.75. The lowest BCUT2D eigenvalue weighted by atomic mass is 10.2. The lowest BCUT2D eigenvalue weighted by Gasteiger charge is -2.14. The van der Waals surface area contributed by atoms with Crippen LogP contribution in [-0.4, -0.2) is 42.4 Å². The predicted molar refractivity (Wildman–Crippen MR) is 44.8 cm³/mol. The Hall–Kier alpha value is -0.420. The van der Waals surface area contributed by atoms with Crippen LogP contribution in [0, 0.1) is 0 Å². The van der Waals surface area contributed by atoms with Crippen molar-refractivity contribution in [2.24, 2.45) is 0 Å². The summed E-state index contributed by atoms with van der Waals surface area (Å²) < 4.78 is 24.4. The number of nitrogens with zero attached hydrogens (tertiary/aromatic N) is 1. The molecule has 1 N–H and O–H groups in total. The standard InChI is InChI=1S/C7H11ClF2N2O/c1-12-3-2-5(4-12)11-6(13)7(8,9)10/h5H,2-4H2,1H3,(H,11,13). The molecule has 0 aromatic carbocycles. The van der Waals surface area contributed by atoms with E-state index >= 15 is 0 Å². The Morgan fingerprint density at radius 3 is 2.69 bits per heavy atom. The molecule has 3 nitrogen and oxygen atoms in total. The molecule has 0 radical (unpaired) electrons. The molecule has 0 saturated carbocycles. The van der Waals surface area contributed by atoms with E-state index in [-0.39, 0.29) is 6.04 Å². The number of carbonyl (C=O) groups is 1. The Morgan fingerprint density at radius 1 is 1.69 bits per heavy atom. The van der Waals surface area contributed by atoms with Gasteiger partial charge in [0.15, 0.2) is 0 Å². The van der Waals surface area contributed by atoms with E-state index in [4.69, 9.17) is 0 Å². The molecule has 6 heteroatoms. The molecule has 1 saturated heterocycles. The van der Waals surface area contributed by atoms with Gasteiger partial charge in [0.2, 0.25) is 0 Å². The molecule has 1 amide bonds. The van der Waals surface area contributed by atoms with E-state index in [0.717, 1.165) is 6.54 Å². The van der Waals surface area contributed by atoms with Gasteiger partial charge >= 0.3 is 11.3 Å². The quantitative estimate of drug-likeness (QED) is 0.682. The van der Waals surface area contributed by atoms with Crippen molar-refractivity contribution in [3.63, 3.8) is 0 Å². The van der Waals surface area contributed by atoms with Crippen molar-refractivity contribution >= 4 is 17.5 Å². The number of hydrogen-bond acceptors (Lipinski definition) is 2. The van der Waals surface area contributed by atoms with Crippen LogP contribution in [0.2, 0.25) is 0 Å². The Bertz CT molecular complexity index is 207. The number of likely N-dealkylation sites (tertiary alicyclic amines) is 1. The zero-order valence-corrected chi connectivity index (χ0v) is 7.94. The van der Waals surface area contributed by atoms with E-state index in [1.54, 1.807) is 0 Å². The molecule has 1 aliphatic heterocycles. The Morgan fingerprint density at radius 2 is 2.31 bits per heavy atom. The Balaban J connectivity index is 2.37. The van der Waals surface area contributed by atoms with Crippen LogP contribution >= 0.6 is 11.6 Å². The normalized spacial score (nSPS) is 24.8. The Kier molecular flexibility index (Phi) is 3.08. The number of rotatable bonds is 2. The second-order valence-electron chi connectivity index (χ2n) is 3.22. The summed E-state index contributed by atoms with van der Waals surface area (Å²) in [6.07, 6.45) is 0.690. The van der Waals surface area contributed by atoms with Crippen LogP contribution < -0.4 is 5.32 Å². The average Bonchev–Trinajstić information content (AvgIpc) is 2.33. The van der Waals surface area contributed by atoms with Gasteiger partial charge in [0.25, 0.3) is 0 Å². The van der Waals surface area contributed by atoms with Gasteiger partial charge < -0.3 is 10.2 Å². The number of hydrogen-bond donors (Lipinski definition) is 1. The molecule has 1 fully saturated rings. The molecule has 0 spiro atoms. The molecule has 0 aromatic heterocycles. The number of likely N-dealkylation sites (N-methyl/N-ethyl adjacent to an activating group) is 1. The highest BCUT2D eigenvalue weighted by Crippen LogP contribution is 2.19. The van der Waals surface area contributed by atoms with Gasteiger partial charge in [0.1, 0.15) is 0 Å². The molecule has 1 atom stereocenters. The molecule has 1 rings (SSSR count). The minimum atomic E-state index is -3.79. The highest BCUT2D eigenvalue weighted by molar-refractivity contribution is 6.32. The largest absolute Gasteiger partial charge is 0.399 e. The molecule has 0 aliphatic carbocycles. The van der Waals surface area contributed by atoms with Crippen LogP contribution in [0.3, 0.4) is 0 Å². The van der Waals surface area contributed by atoms with Crippen molar-refractivity contribution in [2.45, 2.75) is 17.8 Å². The fourth-order valence-electron chi connectivity index (χ4n) is 1.32. The predicted octanol–water partition coefficient (Wildman–Crippen LogP) is 0.638. The van der Waals surface area contributed by atoms with Crippen LogP contribution in [0.25, 0.3) is 0 Å². The SMILES string of the molecule is CN1CCC(NC(=O)C(F)(F)Cl)C1. The van der Waals surface area contributed by atoms with Gasteiger partial charge in [-0.15, -0.1) is 0 Å². The molecular formula is C7H11ClF2N2O. The first-order valence-corrected chi connectivity index (χ1v) is 4.33. The molecule has 1 heterocycles. The molecule has 0 bridgehead atoms. The molecule has 13 heavy (non-hydrogen) atoms. The maximum Gasteiger partial charge on any atom is 0.399 e. The van der Waals surface area contributed by atoms with E-state index in [2.05, 4.69) is 16.9 Å². The summed E-state index contributed by atoms with van der Waals surface area (Å²) in [5.74, 6) is -1.41. The zero-order valence-electron chi connectivity index (χ0n) is 7.19. The first-order chi connectivity index (χ1) is 5.89. The van der Waals surface area contributed by atoms with Gasteiger partial charge in [-0.3, -0.25) is 4.79 Å². The van der Waals surface area contributed by atoms with E-state index in [9.17, 15) is 13.6 Å². The van der Waals surface area contributed by atoms with Gasteiger partial charge in [0.05, 0.1) is 0 Å². The summed E-state index contributed by atoms with van der Waals surface area (Å²) in [6.45, 7) is 1.40. The highest BCUT2D eigenvalue weighted by atomic mass is 35.5. The minimum Gasteiger partial charge on any atom is -0.346 e. The highest BCUT2D eigenvalue weighted by Gasteiger charge is 2.37. The molecule has 0 aromatic rings. The van der Waals surface area contributed by atoms with Crippen LogP contribution in [-0.2, 0) is 4.79 Å². The smallest absolute Gasteiger partial charge is 0.346 e. The third-order valence-electron chi connectivity index (χ3n) is 1.98. The molecule has 1 unspecified atom stereocenters. The van der Waals surface area contributed by atoms with Crippen LogP contribution in [0.4, 0.5) is 8.78 Å². The van der Waals surface area contributed by atoms with Crippen molar-refractivity contribution < 1.29 is 13.6 Å². The maximum absolute atomic E-state index is 12.2. The van der Waals surface area contributed by atoms with E-state index < -0.39 is 11.3 Å². The zero-order chi connectivity index (χ0) is 10.1. The van der Waals surface area contributed by atoms with Crippen LogP contribution in [0.1, 0.15) is 6.42 Å². The second-order valence-corrected chi connectivity index (χ2v) is 3.69. The van der Waals surface area contributed by atoms with E-state index in [1.807, 2.05) is 11.9 Å². The number of nitrogens with one attached hydrogen (secondary N) is 1. The number of halogens is 3. The number of alkyl halides is 3. The van der Waals surface area contributed by atoms with Gasteiger partial charge in [-0.05, 0) is 31.6 Å². The third kappa shape index (κ3) is 3.08. The summed E-state index contributed by atoms with van der Waals surface area (Å²) in [7, 11) is 1.87. The molecule has 1 aliphatic rings. The minimum absolute atomic E-state index is 0.206. The van der Waals surface area contributed by atoms with Crippen molar-refractivity contribution in [1.82, 2.24) is 10.2 Å². The van der Waals surface area contributed by atoms with Gasteiger partial charge in [0, 0.05) is 12.6 Å². The fraction of sp³-hybridized carbons (Fsp3) is 0.857. The lowest BCUT2D eigenvalue weighted by Crippen LogP contribution is -2.43. The van der Waals surface area contributed by atoms with E-state index in [1.165, 1.54) is 0 Å². The molecule has 76 valence electrons. The van der Waals surface area contributed by atoms with E-state index in [0.29, 0.717) is 13.0 Å².